The van der Waals surface area contributed by atoms with Gasteiger partial charge >= 0.3 is 0 Å². The Morgan fingerprint density at radius 1 is 1.33 bits per heavy atom. The van der Waals surface area contributed by atoms with E-state index in [1.54, 1.807) is 18.3 Å². The standard InChI is InChI=1S/C14H24N4O2S/c1-12(11-18-7-3-4-8-18)17-21(19,20)14-6-5-13(9-15-2)10-16-14/h5-6,10,12,15,17H,3-4,7-9,11H2,1-2H3. The summed E-state index contributed by atoms with van der Waals surface area (Å²) in [5, 5.41) is 3.08. The number of hydrogen-bond acceptors (Lipinski definition) is 5. The molecule has 0 aromatic carbocycles. The highest BCUT2D eigenvalue weighted by molar-refractivity contribution is 7.89. The molecule has 0 radical (unpaired) electrons. The Kier molecular flexibility index (Phi) is 5.69. The maximum absolute atomic E-state index is 12.3. The minimum atomic E-state index is -3.54. The summed E-state index contributed by atoms with van der Waals surface area (Å²) in [4.78, 5) is 6.34. The SMILES string of the molecule is CNCc1ccc(S(=O)(=O)NC(C)CN2CCCC2)nc1. The maximum atomic E-state index is 12.3. The zero-order valence-electron chi connectivity index (χ0n) is 12.7. The van der Waals surface area contributed by atoms with Crippen molar-refractivity contribution in [1.29, 1.82) is 0 Å². The summed E-state index contributed by atoms with van der Waals surface area (Å²) in [6.45, 7) is 5.43. The number of nitrogens with one attached hydrogen (secondary N) is 2. The Morgan fingerprint density at radius 2 is 2.05 bits per heavy atom. The van der Waals surface area contributed by atoms with Crippen LogP contribution in [-0.2, 0) is 16.6 Å². The molecular weight excluding hydrogens is 288 g/mol. The third-order valence-electron chi connectivity index (χ3n) is 3.54. The van der Waals surface area contributed by atoms with Crippen LogP contribution in [0.2, 0.25) is 0 Å². The molecule has 2 rings (SSSR count). The molecular formula is C14H24N4O2S. The van der Waals surface area contributed by atoms with Crippen LogP contribution in [0.3, 0.4) is 0 Å². The normalized spacial score (nSPS) is 18.0. The van der Waals surface area contributed by atoms with Crippen LogP contribution in [0.5, 0.6) is 0 Å². The van der Waals surface area contributed by atoms with Gasteiger partial charge in [-0.1, -0.05) is 6.07 Å². The van der Waals surface area contributed by atoms with Gasteiger partial charge < -0.3 is 10.2 Å². The Balaban J connectivity index is 1.96. The van der Waals surface area contributed by atoms with E-state index < -0.39 is 10.0 Å². The summed E-state index contributed by atoms with van der Waals surface area (Å²) in [7, 11) is -1.70. The fourth-order valence-electron chi connectivity index (χ4n) is 2.59. The molecule has 1 atom stereocenters. The quantitative estimate of drug-likeness (QED) is 0.770. The van der Waals surface area contributed by atoms with Crippen molar-refractivity contribution in [2.45, 2.75) is 37.4 Å². The minimum Gasteiger partial charge on any atom is -0.316 e. The van der Waals surface area contributed by atoms with E-state index >= 15 is 0 Å². The molecule has 118 valence electrons. The third kappa shape index (κ3) is 4.74. The Labute approximate surface area is 127 Å². The molecule has 1 fully saturated rings. The Bertz CT molecular complexity index is 539. The van der Waals surface area contributed by atoms with Crippen molar-refractivity contribution < 1.29 is 8.42 Å². The van der Waals surface area contributed by atoms with E-state index in [-0.39, 0.29) is 11.1 Å². The van der Waals surface area contributed by atoms with Crippen LogP contribution in [0.4, 0.5) is 0 Å². The van der Waals surface area contributed by atoms with Gasteiger partial charge in [-0.05, 0) is 51.5 Å². The third-order valence-corrected chi connectivity index (χ3v) is 5.05. The van der Waals surface area contributed by atoms with E-state index in [0.717, 1.165) is 25.2 Å². The van der Waals surface area contributed by atoms with Crippen LogP contribution in [0.15, 0.2) is 23.4 Å². The zero-order valence-corrected chi connectivity index (χ0v) is 13.5. The lowest BCUT2D eigenvalue weighted by molar-refractivity contribution is 0.312. The number of rotatable bonds is 7. The van der Waals surface area contributed by atoms with E-state index in [4.69, 9.17) is 0 Å². The second-order valence-corrected chi connectivity index (χ2v) is 7.23. The number of nitrogens with zero attached hydrogens (tertiary/aromatic N) is 2. The molecule has 1 saturated heterocycles. The first kappa shape index (κ1) is 16.4. The first-order valence-electron chi connectivity index (χ1n) is 7.35. The minimum absolute atomic E-state index is 0.0793. The summed E-state index contributed by atoms with van der Waals surface area (Å²) in [5.74, 6) is 0. The number of hydrogen-bond donors (Lipinski definition) is 2. The lowest BCUT2D eigenvalue weighted by Gasteiger charge is -2.20. The van der Waals surface area contributed by atoms with Gasteiger partial charge in [0.2, 0.25) is 0 Å². The first-order valence-corrected chi connectivity index (χ1v) is 8.84. The summed E-state index contributed by atoms with van der Waals surface area (Å²) in [6.07, 6.45) is 4.00. The van der Waals surface area contributed by atoms with Gasteiger partial charge in [0.1, 0.15) is 0 Å². The van der Waals surface area contributed by atoms with Crippen molar-refractivity contribution in [3.8, 4) is 0 Å². The van der Waals surface area contributed by atoms with Gasteiger partial charge in [-0.3, -0.25) is 0 Å². The topological polar surface area (TPSA) is 74.3 Å². The molecule has 1 aromatic heterocycles. The summed E-state index contributed by atoms with van der Waals surface area (Å²) in [6, 6.07) is 3.22. The molecule has 6 nitrogen and oxygen atoms in total. The number of sulfonamides is 1. The van der Waals surface area contributed by atoms with Crippen molar-refractivity contribution in [1.82, 2.24) is 19.9 Å². The molecule has 1 aromatic rings. The zero-order chi connectivity index (χ0) is 15.3. The van der Waals surface area contributed by atoms with Crippen LogP contribution in [0, 0.1) is 0 Å². The monoisotopic (exact) mass is 312 g/mol. The molecule has 1 aliphatic rings. The van der Waals surface area contributed by atoms with E-state index in [0.29, 0.717) is 6.54 Å². The van der Waals surface area contributed by atoms with Gasteiger partial charge in [-0.15, -0.1) is 0 Å². The smallest absolute Gasteiger partial charge is 0.258 e. The second kappa shape index (κ2) is 7.31. The van der Waals surface area contributed by atoms with Crippen molar-refractivity contribution in [2.75, 3.05) is 26.7 Å². The highest BCUT2D eigenvalue weighted by Crippen LogP contribution is 2.10. The second-order valence-electron chi connectivity index (χ2n) is 5.57. The average molecular weight is 312 g/mol. The van der Waals surface area contributed by atoms with Crippen LogP contribution >= 0.6 is 0 Å². The van der Waals surface area contributed by atoms with Crippen molar-refractivity contribution in [3.05, 3.63) is 23.9 Å². The molecule has 0 saturated carbocycles. The average Bonchev–Trinajstić information content (AvgIpc) is 2.92. The molecule has 2 heterocycles. The maximum Gasteiger partial charge on any atom is 0.258 e. The van der Waals surface area contributed by atoms with Crippen LogP contribution in [0.25, 0.3) is 0 Å². The molecule has 0 bridgehead atoms. The molecule has 2 N–H and O–H groups in total. The van der Waals surface area contributed by atoms with E-state index in [1.165, 1.54) is 12.8 Å². The number of aromatic nitrogens is 1. The number of likely N-dealkylation sites (tertiary alicyclic amines) is 1. The van der Waals surface area contributed by atoms with E-state index in [1.807, 2.05) is 14.0 Å². The van der Waals surface area contributed by atoms with E-state index in [9.17, 15) is 8.42 Å². The van der Waals surface area contributed by atoms with Crippen molar-refractivity contribution >= 4 is 10.0 Å². The van der Waals surface area contributed by atoms with Gasteiger partial charge in [-0.2, -0.15) is 0 Å². The van der Waals surface area contributed by atoms with Crippen LogP contribution in [0.1, 0.15) is 25.3 Å². The number of pyridine rings is 1. The highest BCUT2D eigenvalue weighted by atomic mass is 32.2. The summed E-state index contributed by atoms with van der Waals surface area (Å²) in [5.41, 5.74) is 0.960. The molecule has 7 heteroatoms. The molecule has 1 aliphatic heterocycles. The van der Waals surface area contributed by atoms with Crippen LogP contribution in [-0.4, -0.2) is 51.0 Å². The van der Waals surface area contributed by atoms with E-state index in [2.05, 4.69) is 19.9 Å². The molecule has 0 amide bonds. The van der Waals surface area contributed by atoms with Gasteiger partial charge in [0, 0.05) is 25.3 Å². The predicted molar refractivity (Wildman–Crippen MR) is 82.5 cm³/mol. The molecule has 0 spiro atoms. The fourth-order valence-corrected chi connectivity index (χ4v) is 3.76. The largest absolute Gasteiger partial charge is 0.316 e. The Morgan fingerprint density at radius 3 is 2.62 bits per heavy atom. The molecule has 1 unspecified atom stereocenters. The summed E-state index contributed by atoms with van der Waals surface area (Å²) < 4.78 is 27.3. The van der Waals surface area contributed by atoms with Gasteiger partial charge in [0.05, 0.1) is 0 Å². The van der Waals surface area contributed by atoms with Gasteiger partial charge in [-0.25, -0.2) is 18.1 Å². The lowest BCUT2D eigenvalue weighted by atomic mass is 10.3. The Hall–Kier alpha value is -1.02. The van der Waals surface area contributed by atoms with Gasteiger partial charge in [0.15, 0.2) is 5.03 Å². The van der Waals surface area contributed by atoms with Gasteiger partial charge in [0.25, 0.3) is 10.0 Å². The van der Waals surface area contributed by atoms with Crippen molar-refractivity contribution in [2.24, 2.45) is 0 Å². The highest BCUT2D eigenvalue weighted by Gasteiger charge is 2.21. The first-order chi connectivity index (χ1) is 10.0. The van der Waals surface area contributed by atoms with Crippen molar-refractivity contribution in [3.63, 3.8) is 0 Å². The molecule has 21 heavy (non-hydrogen) atoms. The summed E-state index contributed by atoms with van der Waals surface area (Å²) >= 11 is 0. The predicted octanol–water partition coefficient (Wildman–Crippen LogP) is 0.564. The van der Waals surface area contributed by atoms with Crippen LogP contribution < -0.4 is 10.0 Å². The molecule has 0 aliphatic carbocycles. The fraction of sp³-hybridized carbons (Fsp3) is 0.643. The lowest BCUT2D eigenvalue weighted by Crippen LogP contribution is -2.41.